The van der Waals surface area contributed by atoms with Gasteiger partial charge in [0.25, 0.3) is 0 Å². The zero-order valence-electron chi connectivity index (χ0n) is 17.2. The SMILES string of the molecule is NC[C@@H](O[C@H]1O[C@H](CO[C@H]2O[C@@H](CO)[C@H](O)[C@@H](O)[C@@H]2O)[C@@H](O)[C@H](O)[C@@H]1O)c1ccccc1. The van der Waals surface area contributed by atoms with Crippen molar-refractivity contribution in [3.63, 3.8) is 0 Å². The van der Waals surface area contributed by atoms with Gasteiger partial charge < -0.3 is 60.4 Å². The molecule has 2 aliphatic rings. The van der Waals surface area contributed by atoms with Crippen molar-refractivity contribution in [3.8, 4) is 0 Å². The van der Waals surface area contributed by atoms with E-state index in [0.29, 0.717) is 0 Å². The van der Waals surface area contributed by atoms with Crippen LogP contribution in [0.2, 0.25) is 0 Å². The van der Waals surface area contributed by atoms with Gasteiger partial charge in [-0.05, 0) is 5.56 Å². The zero-order chi connectivity index (χ0) is 23.4. The Morgan fingerprint density at radius 1 is 0.781 bits per heavy atom. The van der Waals surface area contributed by atoms with Crippen LogP contribution in [0.5, 0.6) is 0 Å². The first-order valence-electron chi connectivity index (χ1n) is 10.3. The highest BCUT2D eigenvalue weighted by atomic mass is 16.7. The highest BCUT2D eigenvalue weighted by Gasteiger charge is 2.47. The number of rotatable bonds is 8. The standard InChI is InChI=1S/C20H31NO11/c21-6-10(9-4-2-1-3-5-9)30-20-18(28)16(26)14(24)12(32-20)8-29-19-17(27)15(25)13(23)11(7-22)31-19/h1-5,10-20,22-28H,6-8,21H2/t10-,11+,12-,13+,14-,15-,16+,17+,18+,19+,20+/m1/s1. The molecule has 0 bridgehead atoms. The Morgan fingerprint density at radius 3 is 1.94 bits per heavy atom. The molecule has 9 N–H and O–H groups in total. The van der Waals surface area contributed by atoms with E-state index < -0.39 is 80.7 Å². The Balaban J connectivity index is 1.65. The number of hydrogen-bond donors (Lipinski definition) is 8. The third-order valence-corrected chi connectivity index (χ3v) is 5.63. The molecule has 0 spiro atoms. The van der Waals surface area contributed by atoms with Crippen molar-refractivity contribution in [1.29, 1.82) is 0 Å². The molecule has 2 fully saturated rings. The summed E-state index contributed by atoms with van der Waals surface area (Å²) in [6.45, 7) is -1.01. The molecule has 12 nitrogen and oxygen atoms in total. The minimum Gasteiger partial charge on any atom is -0.394 e. The maximum Gasteiger partial charge on any atom is 0.187 e. The Morgan fingerprint density at radius 2 is 1.34 bits per heavy atom. The summed E-state index contributed by atoms with van der Waals surface area (Å²) in [6, 6.07) is 8.94. The molecule has 0 aromatic heterocycles. The van der Waals surface area contributed by atoms with Crippen LogP contribution in [0.3, 0.4) is 0 Å². The van der Waals surface area contributed by atoms with E-state index in [1.807, 2.05) is 6.07 Å². The minimum atomic E-state index is -1.64. The number of ether oxygens (including phenoxy) is 4. The van der Waals surface area contributed by atoms with Crippen LogP contribution in [0, 0.1) is 0 Å². The lowest BCUT2D eigenvalue weighted by Crippen LogP contribution is -2.61. The van der Waals surface area contributed by atoms with Gasteiger partial charge in [0.1, 0.15) is 48.8 Å². The van der Waals surface area contributed by atoms with Crippen LogP contribution in [0.1, 0.15) is 11.7 Å². The van der Waals surface area contributed by atoms with Gasteiger partial charge in [-0.15, -0.1) is 0 Å². The van der Waals surface area contributed by atoms with E-state index in [9.17, 15) is 35.7 Å². The molecule has 2 heterocycles. The van der Waals surface area contributed by atoms with E-state index in [4.69, 9.17) is 24.7 Å². The van der Waals surface area contributed by atoms with E-state index in [-0.39, 0.29) is 6.54 Å². The summed E-state index contributed by atoms with van der Waals surface area (Å²) in [6.07, 6.45) is -15.5. The zero-order valence-corrected chi connectivity index (χ0v) is 17.2. The third-order valence-electron chi connectivity index (χ3n) is 5.63. The Hall–Kier alpha value is -1.26. The fraction of sp³-hybridized carbons (Fsp3) is 0.700. The summed E-state index contributed by atoms with van der Waals surface area (Å²) in [4.78, 5) is 0. The van der Waals surface area contributed by atoms with Gasteiger partial charge in [-0.2, -0.15) is 0 Å². The third kappa shape index (κ3) is 5.44. The molecule has 2 aliphatic heterocycles. The molecule has 0 radical (unpaired) electrons. The van der Waals surface area contributed by atoms with Gasteiger partial charge in [-0.25, -0.2) is 0 Å². The number of hydrogen-bond acceptors (Lipinski definition) is 12. The fourth-order valence-corrected chi connectivity index (χ4v) is 3.66. The second-order valence-electron chi connectivity index (χ2n) is 7.82. The second-order valence-corrected chi connectivity index (χ2v) is 7.82. The van der Waals surface area contributed by atoms with Crippen LogP contribution in [-0.2, 0) is 18.9 Å². The Bertz CT molecular complexity index is 695. The lowest BCUT2D eigenvalue weighted by molar-refractivity contribution is -0.335. The Labute approximate surface area is 184 Å². The summed E-state index contributed by atoms with van der Waals surface area (Å²) in [5.74, 6) is 0. The largest absolute Gasteiger partial charge is 0.394 e. The fourth-order valence-electron chi connectivity index (χ4n) is 3.66. The van der Waals surface area contributed by atoms with Crippen molar-refractivity contribution in [2.45, 2.75) is 67.5 Å². The van der Waals surface area contributed by atoms with Crippen molar-refractivity contribution in [2.24, 2.45) is 5.73 Å². The predicted molar refractivity (Wildman–Crippen MR) is 106 cm³/mol. The molecule has 11 atom stereocenters. The summed E-state index contributed by atoms with van der Waals surface area (Å²) in [5.41, 5.74) is 6.50. The molecule has 0 aliphatic carbocycles. The summed E-state index contributed by atoms with van der Waals surface area (Å²) in [5, 5.41) is 69.9. The number of nitrogens with two attached hydrogens (primary N) is 1. The average molecular weight is 461 g/mol. The molecule has 0 saturated carbocycles. The first-order valence-corrected chi connectivity index (χ1v) is 10.3. The first-order chi connectivity index (χ1) is 15.3. The van der Waals surface area contributed by atoms with E-state index in [1.165, 1.54) is 0 Å². The van der Waals surface area contributed by atoms with E-state index in [2.05, 4.69) is 0 Å². The first kappa shape index (κ1) is 25.4. The molecule has 1 aromatic carbocycles. The predicted octanol–water partition coefficient (Wildman–Crippen LogP) is -3.67. The average Bonchev–Trinajstić information content (AvgIpc) is 2.81. The number of benzene rings is 1. The monoisotopic (exact) mass is 461 g/mol. The van der Waals surface area contributed by atoms with Crippen LogP contribution in [0.4, 0.5) is 0 Å². The molecule has 12 heteroatoms. The van der Waals surface area contributed by atoms with Gasteiger partial charge >= 0.3 is 0 Å². The van der Waals surface area contributed by atoms with Gasteiger partial charge in [-0.1, -0.05) is 30.3 Å². The molecular formula is C20H31NO11. The summed E-state index contributed by atoms with van der Waals surface area (Å²) >= 11 is 0. The molecule has 2 saturated heterocycles. The normalized spacial score (nSPS) is 41.4. The van der Waals surface area contributed by atoms with E-state index >= 15 is 0 Å². The summed E-state index contributed by atoms with van der Waals surface area (Å²) < 4.78 is 22.0. The highest BCUT2D eigenvalue weighted by Crippen LogP contribution is 2.28. The lowest BCUT2D eigenvalue weighted by Gasteiger charge is -2.43. The van der Waals surface area contributed by atoms with Crippen LogP contribution in [-0.4, -0.2) is 117 Å². The van der Waals surface area contributed by atoms with Gasteiger partial charge in [0.05, 0.1) is 19.3 Å². The topological polar surface area (TPSA) is 205 Å². The Kier molecular flexibility index (Phi) is 8.91. The number of aliphatic hydroxyl groups excluding tert-OH is 7. The van der Waals surface area contributed by atoms with Crippen LogP contribution in [0.25, 0.3) is 0 Å². The maximum absolute atomic E-state index is 10.3. The highest BCUT2D eigenvalue weighted by molar-refractivity contribution is 5.18. The van der Waals surface area contributed by atoms with Gasteiger partial charge in [0, 0.05) is 6.54 Å². The van der Waals surface area contributed by atoms with Gasteiger partial charge in [0.2, 0.25) is 0 Å². The lowest BCUT2D eigenvalue weighted by atomic mass is 9.98. The van der Waals surface area contributed by atoms with Crippen molar-refractivity contribution >= 4 is 0 Å². The molecular weight excluding hydrogens is 430 g/mol. The molecule has 0 amide bonds. The van der Waals surface area contributed by atoms with E-state index in [0.717, 1.165) is 5.56 Å². The van der Waals surface area contributed by atoms with Crippen molar-refractivity contribution in [1.82, 2.24) is 0 Å². The van der Waals surface area contributed by atoms with Crippen LogP contribution < -0.4 is 5.73 Å². The maximum atomic E-state index is 10.3. The molecule has 32 heavy (non-hydrogen) atoms. The van der Waals surface area contributed by atoms with Crippen molar-refractivity contribution < 1.29 is 54.7 Å². The minimum absolute atomic E-state index is 0.0568. The molecule has 1 aromatic rings. The van der Waals surface area contributed by atoms with Crippen molar-refractivity contribution in [3.05, 3.63) is 35.9 Å². The van der Waals surface area contributed by atoms with Gasteiger partial charge in [-0.3, -0.25) is 0 Å². The van der Waals surface area contributed by atoms with Gasteiger partial charge in [0.15, 0.2) is 12.6 Å². The van der Waals surface area contributed by atoms with Crippen LogP contribution in [0.15, 0.2) is 30.3 Å². The van der Waals surface area contributed by atoms with Crippen molar-refractivity contribution in [2.75, 3.05) is 19.8 Å². The quantitative estimate of drug-likeness (QED) is 0.189. The summed E-state index contributed by atoms with van der Waals surface area (Å²) in [7, 11) is 0. The second kappa shape index (κ2) is 11.2. The van der Waals surface area contributed by atoms with Crippen LogP contribution >= 0.6 is 0 Å². The van der Waals surface area contributed by atoms with E-state index in [1.54, 1.807) is 24.3 Å². The molecule has 3 rings (SSSR count). The number of aliphatic hydroxyl groups is 7. The molecule has 0 unspecified atom stereocenters. The molecule has 182 valence electrons. The smallest absolute Gasteiger partial charge is 0.187 e.